The van der Waals surface area contributed by atoms with Gasteiger partial charge in [-0.15, -0.1) is 6.42 Å². The van der Waals surface area contributed by atoms with Crippen molar-refractivity contribution in [3.63, 3.8) is 0 Å². The molecule has 1 atom stereocenters. The molecular weight excluding hydrogens is 207 g/mol. The summed E-state index contributed by atoms with van der Waals surface area (Å²) in [5.74, 6) is 1.46. The monoisotopic (exact) mass is 220 g/mol. The fourth-order valence-electron chi connectivity index (χ4n) is 0.606. The van der Waals surface area contributed by atoms with Gasteiger partial charge in [0.1, 0.15) is 0 Å². The summed E-state index contributed by atoms with van der Waals surface area (Å²) in [5, 5.41) is 0. The molecule has 0 saturated carbocycles. The summed E-state index contributed by atoms with van der Waals surface area (Å²) >= 11 is 0. The van der Waals surface area contributed by atoms with Crippen LogP contribution >= 0.6 is 7.60 Å². The maximum absolute atomic E-state index is 11.3. The highest BCUT2D eigenvalue weighted by Gasteiger charge is 2.18. The lowest BCUT2D eigenvalue weighted by molar-refractivity contribution is -0.144. The second kappa shape index (κ2) is 6.61. The van der Waals surface area contributed by atoms with Crippen LogP contribution in [-0.2, 0) is 23.1 Å². The summed E-state index contributed by atoms with van der Waals surface area (Å²) in [6.07, 6.45) is 4.86. The Morgan fingerprint density at radius 2 is 2.14 bits per heavy atom. The first-order chi connectivity index (χ1) is 6.52. The Bertz CT molecular complexity index is 267. The van der Waals surface area contributed by atoms with Crippen LogP contribution in [0, 0.1) is 12.3 Å². The van der Waals surface area contributed by atoms with Gasteiger partial charge in [-0.05, 0) is 6.92 Å². The summed E-state index contributed by atoms with van der Waals surface area (Å²) in [7, 11) is -3.13. The Kier molecular flexibility index (Phi) is 6.22. The van der Waals surface area contributed by atoms with E-state index in [-0.39, 0.29) is 13.2 Å². The van der Waals surface area contributed by atoms with Gasteiger partial charge in [-0.25, -0.2) is 4.79 Å². The van der Waals surface area contributed by atoms with Gasteiger partial charge >= 0.3 is 13.6 Å². The van der Waals surface area contributed by atoms with Crippen molar-refractivity contribution in [2.45, 2.75) is 6.92 Å². The molecule has 80 valence electrons. The summed E-state index contributed by atoms with van der Waals surface area (Å²) < 4.78 is 25.3. The first-order valence-electron chi connectivity index (χ1n) is 3.97. The summed E-state index contributed by atoms with van der Waals surface area (Å²) in [4.78, 5) is 10.8. The molecule has 0 spiro atoms. The van der Waals surface area contributed by atoms with Crippen LogP contribution < -0.4 is 0 Å². The molecule has 0 aromatic rings. The Hall–Kier alpha value is -0.820. The Labute approximate surface area is 83.3 Å². The van der Waals surface area contributed by atoms with E-state index in [4.69, 9.17) is 15.5 Å². The van der Waals surface area contributed by atoms with Crippen LogP contribution in [0.1, 0.15) is 6.92 Å². The van der Waals surface area contributed by atoms with Gasteiger partial charge in [0.25, 0.3) is 0 Å². The second-order valence-electron chi connectivity index (χ2n) is 2.33. The number of esters is 1. The average molecular weight is 220 g/mol. The molecule has 0 amide bonds. The van der Waals surface area contributed by atoms with Crippen molar-refractivity contribution in [1.82, 2.24) is 0 Å². The third-order valence-corrected chi connectivity index (χ3v) is 2.42. The first kappa shape index (κ1) is 13.2. The van der Waals surface area contributed by atoms with Gasteiger partial charge in [-0.2, -0.15) is 0 Å². The predicted octanol–water partition coefficient (Wildman–Crippen LogP) is 1.04. The highest BCUT2D eigenvalue weighted by atomic mass is 31.2. The van der Waals surface area contributed by atoms with E-state index in [0.717, 1.165) is 0 Å². The van der Waals surface area contributed by atoms with Crippen LogP contribution in [0.15, 0.2) is 0 Å². The quantitative estimate of drug-likeness (QED) is 0.380. The molecular formula is C8H13O5P. The highest BCUT2D eigenvalue weighted by Crippen LogP contribution is 2.43. The van der Waals surface area contributed by atoms with Crippen LogP contribution in [-0.4, -0.2) is 32.5 Å². The van der Waals surface area contributed by atoms with Crippen LogP contribution in [0.3, 0.4) is 0 Å². The number of carbonyl (C=O) groups is 1. The van der Waals surface area contributed by atoms with Gasteiger partial charge in [0.05, 0.1) is 6.61 Å². The van der Waals surface area contributed by atoms with E-state index in [0.29, 0.717) is 0 Å². The summed E-state index contributed by atoms with van der Waals surface area (Å²) in [5.41, 5.74) is 0. The highest BCUT2D eigenvalue weighted by molar-refractivity contribution is 7.53. The van der Waals surface area contributed by atoms with Crippen molar-refractivity contribution in [3.8, 4) is 12.3 Å². The fourth-order valence-corrected chi connectivity index (χ4v) is 1.49. The maximum atomic E-state index is 11.3. The van der Waals surface area contributed by atoms with Crippen molar-refractivity contribution in [2.75, 3.05) is 26.5 Å². The minimum absolute atomic E-state index is 0.120. The normalized spacial score (nSPS) is 14.1. The topological polar surface area (TPSA) is 61.8 Å². The van der Waals surface area contributed by atoms with Gasteiger partial charge in [-0.1, -0.05) is 5.92 Å². The van der Waals surface area contributed by atoms with E-state index in [9.17, 15) is 9.36 Å². The van der Waals surface area contributed by atoms with Crippen molar-refractivity contribution >= 4 is 13.6 Å². The lowest BCUT2D eigenvalue weighted by Gasteiger charge is -2.11. The molecule has 0 aliphatic rings. The lowest BCUT2D eigenvalue weighted by Crippen LogP contribution is -2.12. The molecule has 0 aromatic heterocycles. The zero-order valence-electron chi connectivity index (χ0n) is 8.19. The standard InChI is InChI=1S/C8H13O5P/c1-4-6-11-8(9)7-13-14(3,10)12-5-2/h1H,5-7H2,2-3H3. The smallest absolute Gasteiger partial charge is 0.333 e. The largest absolute Gasteiger partial charge is 0.451 e. The SMILES string of the molecule is C#CCOC(=O)COP(C)(=O)OCC. The molecule has 0 radical (unpaired) electrons. The molecule has 0 N–H and O–H groups in total. The molecule has 6 heteroatoms. The van der Waals surface area contributed by atoms with Gasteiger partial charge in [0.2, 0.25) is 0 Å². The number of rotatable bonds is 6. The number of hydrogen-bond acceptors (Lipinski definition) is 5. The zero-order chi connectivity index (χ0) is 11.0. The fraction of sp³-hybridized carbons (Fsp3) is 0.625. The second-order valence-corrected chi connectivity index (χ2v) is 4.39. The minimum Gasteiger partial charge on any atom is -0.451 e. The van der Waals surface area contributed by atoms with Gasteiger partial charge in [0, 0.05) is 6.66 Å². The molecule has 1 unspecified atom stereocenters. The van der Waals surface area contributed by atoms with E-state index < -0.39 is 20.2 Å². The van der Waals surface area contributed by atoms with Crippen molar-refractivity contribution in [1.29, 1.82) is 0 Å². The molecule has 0 saturated heterocycles. The van der Waals surface area contributed by atoms with Crippen molar-refractivity contribution in [3.05, 3.63) is 0 Å². The van der Waals surface area contributed by atoms with E-state index in [2.05, 4.69) is 10.7 Å². The van der Waals surface area contributed by atoms with E-state index >= 15 is 0 Å². The third-order valence-electron chi connectivity index (χ3n) is 1.10. The number of terminal acetylenes is 1. The molecule has 0 fully saturated rings. The molecule has 0 heterocycles. The summed E-state index contributed by atoms with van der Waals surface area (Å²) in [6.45, 7) is 2.68. The first-order valence-corrected chi connectivity index (χ1v) is 5.96. The molecule has 0 rings (SSSR count). The number of ether oxygens (including phenoxy) is 1. The number of hydrogen-bond donors (Lipinski definition) is 0. The molecule has 5 nitrogen and oxygen atoms in total. The van der Waals surface area contributed by atoms with Crippen molar-refractivity contribution < 1.29 is 23.1 Å². The molecule has 0 aliphatic carbocycles. The Morgan fingerprint density at radius 1 is 1.50 bits per heavy atom. The minimum atomic E-state index is -3.13. The average Bonchev–Trinajstić information content (AvgIpc) is 2.11. The maximum Gasteiger partial charge on any atom is 0.333 e. The van der Waals surface area contributed by atoms with Crippen LogP contribution in [0.4, 0.5) is 0 Å². The van der Waals surface area contributed by atoms with Crippen molar-refractivity contribution in [2.24, 2.45) is 0 Å². The predicted molar refractivity (Wildman–Crippen MR) is 50.9 cm³/mol. The van der Waals surface area contributed by atoms with Gasteiger partial charge < -0.3 is 9.26 Å². The Balaban J connectivity index is 3.77. The van der Waals surface area contributed by atoms with E-state index in [1.807, 2.05) is 0 Å². The van der Waals surface area contributed by atoms with Crippen LogP contribution in [0.2, 0.25) is 0 Å². The van der Waals surface area contributed by atoms with Gasteiger partial charge in [0.15, 0.2) is 13.2 Å². The molecule has 0 aliphatic heterocycles. The third kappa shape index (κ3) is 6.67. The molecule has 0 aromatic carbocycles. The molecule has 0 bridgehead atoms. The number of carbonyl (C=O) groups excluding carboxylic acids is 1. The van der Waals surface area contributed by atoms with Crippen LogP contribution in [0.5, 0.6) is 0 Å². The molecule has 14 heavy (non-hydrogen) atoms. The van der Waals surface area contributed by atoms with E-state index in [1.54, 1.807) is 6.92 Å². The Morgan fingerprint density at radius 3 is 2.64 bits per heavy atom. The zero-order valence-corrected chi connectivity index (χ0v) is 9.08. The lowest BCUT2D eigenvalue weighted by atomic mass is 10.7. The van der Waals surface area contributed by atoms with E-state index in [1.165, 1.54) is 6.66 Å². The van der Waals surface area contributed by atoms with Crippen LogP contribution in [0.25, 0.3) is 0 Å². The van der Waals surface area contributed by atoms with Gasteiger partial charge in [-0.3, -0.25) is 9.09 Å². The summed E-state index contributed by atoms with van der Waals surface area (Å²) in [6, 6.07) is 0.